The van der Waals surface area contributed by atoms with Crippen LogP contribution in [0.2, 0.25) is 0 Å². The Morgan fingerprint density at radius 1 is 0.818 bits per heavy atom. The molecule has 0 saturated carbocycles. The van der Waals surface area contributed by atoms with Crippen molar-refractivity contribution in [3.63, 3.8) is 0 Å². The monoisotopic (exact) mass is 292 g/mol. The Bertz CT molecular complexity index is 773. The van der Waals surface area contributed by atoms with Crippen LogP contribution < -0.4 is 4.74 Å². The molecule has 0 heterocycles. The molecule has 0 atom stereocenters. The first-order valence-electron chi connectivity index (χ1n) is 8.40. The van der Waals surface area contributed by atoms with E-state index in [0.717, 1.165) is 25.2 Å². The van der Waals surface area contributed by atoms with Gasteiger partial charge in [-0.25, -0.2) is 0 Å². The van der Waals surface area contributed by atoms with E-state index in [1.165, 1.54) is 39.9 Å². The molecule has 1 heteroatoms. The number of rotatable bonds is 6. The summed E-state index contributed by atoms with van der Waals surface area (Å²) < 4.78 is 6.23. The van der Waals surface area contributed by atoms with E-state index in [1.54, 1.807) is 0 Å². The van der Waals surface area contributed by atoms with Gasteiger partial charge in [0.2, 0.25) is 0 Å². The maximum Gasteiger partial charge on any atom is 0.134 e. The van der Waals surface area contributed by atoms with E-state index in [-0.39, 0.29) is 0 Å². The maximum atomic E-state index is 6.23. The highest BCUT2D eigenvalue weighted by Gasteiger charge is 2.09. The van der Waals surface area contributed by atoms with Gasteiger partial charge < -0.3 is 4.74 Å². The van der Waals surface area contributed by atoms with Gasteiger partial charge in [-0.1, -0.05) is 63.1 Å². The molecule has 22 heavy (non-hydrogen) atoms. The summed E-state index contributed by atoms with van der Waals surface area (Å²) in [5.41, 5.74) is 1.36. The lowest BCUT2D eigenvalue weighted by molar-refractivity contribution is 0.313. The number of hydrogen-bond donors (Lipinski definition) is 0. The second kappa shape index (κ2) is 6.83. The van der Waals surface area contributed by atoms with Crippen LogP contribution in [0, 0.1) is 0 Å². The lowest BCUT2D eigenvalue weighted by Crippen LogP contribution is -1.99. The number of fused-ring (bicyclic) bond motifs is 2. The fraction of sp³-hybridized carbons (Fsp3) is 0.333. The first-order valence-corrected chi connectivity index (χ1v) is 8.40. The molecule has 0 aliphatic rings. The number of unbranched alkanes of at least 4 members (excludes halogenated alkanes) is 2. The zero-order valence-electron chi connectivity index (χ0n) is 13.6. The van der Waals surface area contributed by atoms with E-state index in [1.807, 2.05) is 0 Å². The van der Waals surface area contributed by atoms with Crippen LogP contribution in [0.5, 0.6) is 5.75 Å². The molecule has 0 unspecified atom stereocenters. The van der Waals surface area contributed by atoms with Gasteiger partial charge in [0.15, 0.2) is 0 Å². The number of ether oxygens (including phenoxy) is 1. The summed E-state index contributed by atoms with van der Waals surface area (Å²) in [5.74, 6) is 1.06. The lowest BCUT2D eigenvalue weighted by Gasteiger charge is -2.14. The third-order valence-electron chi connectivity index (χ3n) is 4.28. The Kier molecular flexibility index (Phi) is 4.62. The molecule has 3 rings (SSSR count). The van der Waals surface area contributed by atoms with E-state index in [2.05, 4.69) is 62.4 Å². The minimum atomic E-state index is 0.799. The van der Waals surface area contributed by atoms with Gasteiger partial charge >= 0.3 is 0 Å². The highest BCUT2D eigenvalue weighted by atomic mass is 16.5. The summed E-state index contributed by atoms with van der Waals surface area (Å²) >= 11 is 0. The van der Waals surface area contributed by atoms with Crippen LogP contribution in [0.3, 0.4) is 0 Å². The first-order chi connectivity index (χ1) is 10.8. The zero-order chi connectivity index (χ0) is 15.4. The van der Waals surface area contributed by atoms with Gasteiger partial charge in [-0.05, 0) is 41.3 Å². The predicted octanol–water partition coefficient (Wildman–Crippen LogP) is 6.12. The van der Waals surface area contributed by atoms with Crippen molar-refractivity contribution in [3.8, 4) is 5.75 Å². The van der Waals surface area contributed by atoms with E-state index in [0.29, 0.717) is 0 Å². The van der Waals surface area contributed by atoms with Crippen LogP contribution in [-0.2, 0) is 6.42 Å². The quantitative estimate of drug-likeness (QED) is 0.392. The van der Waals surface area contributed by atoms with Crippen molar-refractivity contribution >= 4 is 21.5 Å². The van der Waals surface area contributed by atoms with Crippen LogP contribution >= 0.6 is 0 Å². The topological polar surface area (TPSA) is 9.23 Å². The number of aryl methyl sites for hydroxylation is 1. The standard InChI is InChI=1S/C21H24O/c1-3-5-8-13-22-21-19-10-7-6-9-17(19)15-18-12-11-16(4-2)14-20(18)21/h6-7,9-12,14-15H,3-5,8,13H2,1-2H3. The zero-order valence-corrected chi connectivity index (χ0v) is 13.6. The molecule has 0 fully saturated rings. The molecule has 0 aromatic heterocycles. The highest BCUT2D eigenvalue weighted by Crippen LogP contribution is 2.35. The van der Waals surface area contributed by atoms with Crippen LogP contribution in [0.25, 0.3) is 21.5 Å². The third-order valence-corrected chi connectivity index (χ3v) is 4.28. The van der Waals surface area contributed by atoms with Crippen molar-refractivity contribution in [2.24, 2.45) is 0 Å². The van der Waals surface area contributed by atoms with Gasteiger partial charge in [-0.2, -0.15) is 0 Å². The molecule has 0 aliphatic heterocycles. The lowest BCUT2D eigenvalue weighted by atomic mass is 9.99. The van der Waals surface area contributed by atoms with Crippen LogP contribution in [0.1, 0.15) is 38.7 Å². The van der Waals surface area contributed by atoms with Gasteiger partial charge in [0, 0.05) is 10.8 Å². The van der Waals surface area contributed by atoms with Crippen molar-refractivity contribution in [3.05, 3.63) is 54.1 Å². The second-order valence-corrected chi connectivity index (χ2v) is 5.89. The fourth-order valence-corrected chi connectivity index (χ4v) is 2.97. The van der Waals surface area contributed by atoms with Gasteiger partial charge in [-0.15, -0.1) is 0 Å². The van der Waals surface area contributed by atoms with Gasteiger partial charge in [0.1, 0.15) is 5.75 Å². The Hall–Kier alpha value is -2.02. The van der Waals surface area contributed by atoms with E-state index >= 15 is 0 Å². The van der Waals surface area contributed by atoms with Crippen molar-refractivity contribution in [2.45, 2.75) is 39.5 Å². The molecule has 3 aromatic rings. The predicted molar refractivity (Wildman–Crippen MR) is 95.9 cm³/mol. The third kappa shape index (κ3) is 2.94. The van der Waals surface area contributed by atoms with Crippen molar-refractivity contribution in [1.29, 1.82) is 0 Å². The molecule has 1 nitrogen and oxygen atoms in total. The first kappa shape index (κ1) is 14.9. The van der Waals surface area contributed by atoms with Crippen molar-refractivity contribution < 1.29 is 4.74 Å². The number of hydrogen-bond acceptors (Lipinski definition) is 1. The van der Waals surface area contributed by atoms with E-state index in [4.69, 9.17) is 4.74 Å². The van der Waals surface area contributed by atoms with Gasteiger partial charge in [-0.3, -0.25) is 0 Å². The average molecular weight is 292 g/mol. The normalized spacial score (nSPS) is 11.2. The van der Waals surface area contributed by atoms with E-state index < -0.39 is 0 Å². The molecule has 3 aromatic carbocycles. The summed E-state index contributed by atoms with van der Waals surface area (Å²) in [6.45, 7) is 5.22. The summed E-state index contributed by atoms with van der Waals surface area (Å²) in [6, 6.07) is 17.5. The van der Waals surface area contributed by atoms with Crippen LogP contribution in [0.4, 0.5) is 0 Å². The highest BCUT2D eigenvalue weighted by molar-refractivity contribution is 6.05. The smallest absolute Gasteiger partial charge is 0.134 e. The minimum absolute atomic E-state index is 0.799. The molecule has 0 radical (unpaired) electrons. The average Bonchev–Trinajstić information content (AvgIpc) is 2.57. The fourth-order valence-electron chi connectivity index (χ4n) is 2.97. The molecule has 0 aliphatic carbocycles. The summed E-state index contributed by atoms with van der Waals surface area (Å²) in [6.07, 6.45) is 4.62. The Balaban J connectivity index is 2.12. The van der Waals surface area contributed by atoms with Gasteiger partial charge in [0.25, 0.3) is 0 Å². The SMILES string of the molecule is CCCCCOc1c2ccccc2cc2ccc(CC)cc12. The Labute approximate surface area is 132 Å². The molecular weight excluding hydrogens is 268 g/mol. The van der Waals surface area contributed by atoms with Crippen LogP contribution in [-0.4, -0.2) is 6.61 Å². The summed E-state index contributed by atoms with van der Waals surface area (Å²) in [5, 5.41) is 4.99. The van der Waals surface area contributed by atoms with Crippen molar-refractivity contribution in [2.75, 3.05) is 6.61 Å². The van der Waals surface area contributed by atoms with E-state index in [9.17, 15) is 0 Å². The maximum absolute atomic E-state index is 6.23. The van der Waals surface area contributed by atoms with Crippen LogP contribution in [0.15, 0.2) is 48.5 Å². The molecule has 0 saturated heterocycles. The molecule has 0 amide bonds. The molecule has 0 N–H and O–H groups in total. The Morgan fingerprint density at radius 3 is 2.45 bits per heavy atom. The minimum Gasteiger partial charge on any atom is -0.492 e. The summed E-state index contributed by atoms with van der Waals surface area (Å²) in [4.78, 5) is 0. The second-order valence-electron chi connectivity index (χ2n) is 5.89. The summed E-state index contributed by atoms with van der Waals surface area (Å²) in [7, 11) is 0. The molecule has 0 spiro atoms. The van der Waals surface area contributed by atoms with Gasteiger partial charge in [0.05, 0.1) is 6.61 Å². The molecular formula is C21H24O. The molecule has 0 bridgehead atoms. The molecule has 114 valence electrons. The van der Waals surface area contributed by atoms with Crippen molar-refractivity contribution in [1.82, 2.24) is 0 Å². The number of benzene rings is 3. The Morgan fingerprint density at radius 2 is 1.64 bits per heavy atom. The largest absolute Gasteiger partial charge is 0.492 e.